The first-order valence-electron chi connectivity index (χ1n) is 5.51. The Morgan fingerprint density at radius 2 is 2.50 bits per heavy atom. The summed E-state index contributed by atoms with van der Waals surface area (Å²) in [6, 6.07) is 0. The van der Waals surface area contributed by atoms with E-state index in [1.54, 1.807) is 0 Å². The molecule has 3 atom stereocenters. The molecule has 0 amide bonds. The van der Waals surface area contributed by atoms with Crippen LogP contribution < -0.4 is 0 Å². The normalized spacial score (nSPS) is 41.1. The Kier molecular flexibility index (Phi) is 2.34. The van der Waals surface area contributed by atoms with Crippen molar-refractivity contribution in [2.45, 2.75) is 32.6 Å². The number of carbonyl (C=O) groups excluding carboxylic acids is 1. The summed E-state index contributed by atoms with van der Waals surface area (Å²) in [4.78, 5) is 12.1. The number of fused-ring (bicyclic) bond motifs is 1. The second-order valence-corrected chi connectivity index (χ2v) is 4.84. The Morgan fingerprint density at radius 3 is 3.21 bits per heavy atom. The summed E-state index contributed by atoms with van der Waals surface area (Å²) in [5, 5.41) is 0. The second-order valence-electron chi connectivity index (χ2n) is 4.84. The highest BCUT2D eigenvalue weighted by molar-refractivity contribution is 5.88. The molecule has 0 saturated heterocycles. The number of ketones is 1. The highest BCUT2D eigenvalue weighted by Crippen LogP contribution is 2.50. The van der Waals surface area contributed by atoms with Crippen LogP contribution in [0.5, 0.6) is 0 Å². The fourth-order valence-corrected chi connectivity index (χ4v) is 3.08. The molecule has 2 aliphatic rings. The molecule has 0 aromatic rings. The molecule has 1 fully saturated rings. The molecule has 0 radical (unpaired) electrons. The van der Waals surface area contributed by atoms with E-state index in [4.69, 9.17) is 0 Å². The van der Waals surface area contributed by atoms with Crippen LogP contribution in [0.3, 0.4) is 0 Å². The Bertz CT molecular complexity index is 290. The molecule has 0 aromatic carbocycles. The van der Waals surface area contributed by atoms with E-state index < -0.39 is 0 Å². The SMILES string of the molecule is C=CC[C@@]12C=CCC1C[C@@H](C)CC2=O. The number of allylic oxidation sites excluding steroid dienone is 3. The minimum Gasteiger partial charge on any atom is -0.299 e. The molecule has 76 valence electrons. The lowest BCUT2D eigenvalue weighted by Gasteiger charge is -2.39. The van der Waals surface area contributed by atoms with Gasteiger partial charge in [-0.3, -0.25) is 4.79 Å². The number of hydrogen-bond donors (Lipinski definition) is 0. The smallest absolute Gasteiger partial charge is 0.143 e. The van der Waals surface area contributed by atoms with Gasteiger partial charge in [-0.25, -0.2) is 0 Å². The van der Waals surface area contributed by atoms with Crippen LogP contribution in [0.15, 0.2) is 24.8 Å². The summed E-state index contributed by atoms with van der Waals surface area (Å²) in [5.74, 6) is 1.57. The van der Waals surface area contributed by atoms with Crippen LogP contribution in [0, 0.1) is 17.3 Å². The van der Waals surface area contributed by atoms with E-state index >= 15 is 0 Å². The third-order valence-corrected chi connectivity index (χ3v) is 3.79. The average molecular weight is 190 g/mol. The number of rotatable bonds is 2. The van der Waals surface area contributed by atoms with Crippen molar-refractivity contribution in [2.75, 3.05) is 0 Å². The van der Waals surface area contributed by atoms with Crippen LogP contribution in [0.2, 0.25) is 0 Å². The predicted octanol–water partition coefficient (Wildman–Crippen LogP) is 3.12. The maximum absolute atomic E-state index is 12.1. The molecule has 0 heterocycles. The molecule has 0 aliphatic heterocycles. The fraction of sp³-hybridized carbons (Fsp3) is 0.615. The third kappa shape index (κ3) is 1.26. The monoisotopic (exact) mass is 190 g/mol. The molecular weight excluding hydrogens is 172 g/mol. The highest BCUT2D eigenvalue weighted by Gasteiger charge is 2.47. The standard InChI is InChI=1S/C13H18O/c1-3-6-13-7-4-5-11(13)8-10(2)9-12(13)14/h3-4,7,10-11H,1,5-6,8-9H2,2H3/t10-,11?,13-/m1/s1. The van der Waals surface area contributed by atoms with Crippen molar-refractivity contribution in [3.05, 3.63) is 24.8 Å². The Morgan fingerprint density at radius 1 is 1.71 bits per heavy atom. The molecule has 0 bridgehead atoms. The summed E-state index contributed by atoms with van der Waals surface area (Å²) < 4.78 is 0. The van der Waals surface area contributed by atoms with Gasteiger partial charge in [0.1, 0.15) is 5.78 Å². The first kappa shape index (κ1) is 9.70. The van der Waals surface area contributed by atoms with E-state index in [0.717, 1.165) is 19.3 Å². The van der Waals surface area contributed by atoms with Gasteiger partial charge in [0.05, 0.1) is 5.41 Å². The Hall–Kier alpha value is -0.850. The van der Waals surface area contributed by atoms with Gasteiger partial charge in [-0.05, 0) is 31.1 Å². The van der Waals surface area contributed by atoms with E-state index in [0.29, 0.717) is 17.6 Å². The third-order valence-electron chi connectivity index (χ3n) is 3.79. The van der Waals surface area contributed by atoms with Crippen molar-refractivity contribution < 1.29 is 4.79 Å². The van der Waals surface area contributed by atoms with Gasteiger partial charge in [0.15, 0.2) is 0 Å². The van der Waals surface area contributed by atoms with E-state index in [1.807, 2.05) is 6.08 Å². The summed E-state index contributed by atoms with van der Waals surface area (Å²) in [6.07, 6.45) is 10.1. The van der Waals surface area contributed by atoms with Crippen LogP contribution in [-0.4, -0.2) is 5.78 Å². The van der Waals surface area contributed by atoms with Gasteiger partial charge in [-0.1, -0.05) is 25.2 Å². The lowest BCUT2D eigenvalue weighted by molar-refractivity contribution is -0.132. The number of hydrogen-bond acceptors (Lipinski definition) is 1. The van der Waals surface area contributed by atoms with Crippen LogP contribution in [0.25, 0.3) is 0 Å². The second kappa shape index (κ2) is 3.38. The molecule has 1 saturated carbocycles. The lowest BCUT2D eigenvalue weighted by Crippen LogP contribution is -2.40. The summed E-state index contributed by atoms with van der Waals surface area (Å²) in [6.45, 7) is 5.97. The fourth-order valence-electron chi connectivity index (χ4n) is 3.08. The Balaban J connectivity index is 2.29. The number of Topliss-reactive ketones (excluding diaryl/α,β-unsaturated/α-hetero) is 1. The van der Waals surface area contributed by atoms with Crippen molar-refractivity contribution in [2.24, 2.45) is 17.3 Å². The summed E-state index contributed by atoms with van der Waals surface area (Å²) in [5.41, 5.74) is -0.158. The maximum atomic E-state index is 12.1. The largest absolute Gasteiger partial charge is 0.299 e. The first-order valence-corrected chi connectivity index (χ1v) is 5.51. The van der Waals surface area contributed by atoms with Crippen molar-refractivity contribution in [3.63, 3.8) is 0 Å². The van der Waals surface area contributed by atoms with E-state index in [-0.39, 0.29) is 5.41 Å². The van der Waals surface area contributed by atoms with Gasteiger partial charge < -0.3 is 0 Å². The van der Waals surface area contributed by atoms with Crippen LogP contribution in [-0.2, 0) is 4.79 Å². The van der Waals surface area contributed by atoms with Crippen molar-refractivity contribution >= 4 is 5.78 Å². The van der Waals surface area contributed by atoms with Crippen molar-refractivity contribution in [3.8, 4) is 0 Å². The van der Waals surface area contributed by atoms with Crippen LogP contribution >= 0.6 is 0 Å². The zero-order chi connectivity index (χ0) is 10.2. The zero-order valence-corrected chi connectivity index (χ0v) is 8.83. The molecule has 2 rings (SSSR count). The highest BCUT2D eigenvalue weighted by atomic mass is 16.1. The Labute approximate surface area is 85.9 Å². The first-order chi connectivity index (χ1) is 6.69. The molecule has 2 aliphatic carbocycles. The van der Waals surface area contributed by atoms with Crippen LogP contribution in [0.4, 0.5) is 0 Å². The van der Waals surface area contributed by atoms with Gasteiger partial charge in [0, 0.05) is 6.42 Å². The van der Waals surface area contributed by atoms with Gasteiger partial charge in [0.25, 0.3) is 0 Å². The van der Waals surface area contributed by atoms with E-state index in [2.05, 4.69) is 25.7 Å². The zero-order valence-electron chi connectivity index (χ0n) is 8.83. The number of carbonyl (C=O) groups is 1. The molecule has 1 nitrogen and oxygen atoms in total. The minimum atomic E-state index is -0.158. The quantitative estimate of drug-likeness (QED) is 0.611. The average Bonchev–Trinajstić information content (AvgIpc) is 2.50. The molecule has 14 heavy (non-hydrogen) atoms. The topological polar surface area (TPSA) is 17.1 Å². The molecule has 0 aromatic heterocycles. The molecule has 1 heteroatoms. The lowest BCUT2D eigenvalue weighted by atomic mass is 9.63. The van der Waals surface area contributed by atoms with E-state index in [9.17, 15) is 4.79 Å². The molecular formula is C13H18O. The van der Waals surface area contributed by atoms with Gasteiger partial charge in [0.2, 0.25) is 0 Å². The minimum absolute atomic E-state index is 0.158. The van der Waals surface area contributed by atoms with Gasteiger partial charge >= 0.3 is 0 Å². The molecule has 0 N–H and O–H groups in total. The van der Waals surface area contributed by atoms with Crippen molar-refractivity contribution in [1.29, 1.82) is 0 Å². The predicted molar refractivity (Wildman–Crippen MR) is 57.9 cm³/mol. The summed E-state index contributed by atoms with van der Waals surface area (Å²) in [7, 11) is 0. The molecule has 1 unspecified atom stereocenters. The van der Waals surface area contributed by atoms with E-state index in [1.165, 1.54) is 6.42 Å². The van der Waals surface area contributed by atoms with Crippen LogP contribution in [0.1, 0.15) is 32.6 Å². The van der Waals surface area contributed by atoms with Crippen molar-refractivity contribution in [1.82, 2.24) is 0 Å². The maximum Gasteiger partial charge on any atom is 0.143 e. The van der Waals surface area contributed by atoms with Gasteiger partial charge in [-0.2, -0.15) is 0 Å². The molecule has 0 spiro atoms. The van der Waals surface area contributed by atoms with Gasteiger partial charge in [-0.15, -0.1) is 6.58 Å². The summed E-state index contributed by atoms with van der Waals surface area (Å²) >= 11 is 0.